The van der Waals surface area contributed by atoms with E-state index in [0.29, 0.717) is 17.0 Å². The number of benzene rings is 2. The van der Waals surface area contributed by atoms with Crippen LogP contribution in [0.25, 0.3) is 0 Å². The average Bonchev–Trinajstić information content (AvgIpc) is 2.94. The molecule has 0 unspecified atom stereocenters. The molecule has 4 rings (SSSR count). The van der Waals surface area contributed by atoms with Gasteiger partial charge < -0.3 is 4.74 Å². The van der Waals surface area contributed by atoms with Gasteiger partial charge in [-0.1, -0.05) is 24.3 Å². The predicted molar refractivity (Wildman–Crippen MR) is 100 cm³/mol. The number of hydrogen-bond acceptors (Lipinski definition) is 4. The first-order chi connectivity index (χ1) is 13.5. The van der Waals surface area contributed by atoms with Crippen LogP contribution < -0.4 is 4.74 Å². The third kappa shape index (κ3) is 3.36. The van der Waals surface area contributed by atoms with Gasteiger partial charge in [0.05, 0.1) is 17.7 Å². The van der Waals surface area contributed by atoms with Gasteiger partial charge in [-0.25, -0.2) is 9.37 Å². The van der Waals surface area contributed by atoms with Crippen LogP contribution in [0.2, 0.25) is 0 Å². The van der Waals surface area contributed by atoms with E-state index >= 15 is 0 Å². The monoisotopic (exact) mass is 376 g/mol. The van der Waals surface area contributed by atoms with Crippen molar-refractivity contribution in [3.8, 4) is 5.88 Å². The summed E-state index contributed by atoms with van der Waals surface area (Å²) < 4.78 is 18.7. The summed E-state index contributed by atoms with van der Waals surface area (Å²) in [5.74, 6) is -0.434. The zero-order chi connectivity index (χ0) is 19.7. The van der Waals surface area contributed by atoms with Crippen molar-refractivity contribution < 1.29 is 18.7 Å². The molecular formula is C22H17FN2O3. The molecule has 1 aromatic heterocycles. The second kappa shape index (κ2) is 7.23. The molecule has 6 heteroatoms. The maximum absolute atomic E-state index is 13.0. The summed E-state index contributed by atoms with van der Waals surface area (Å²) >= 11 is 0. The van der Waals surface area contributed by atoms with Crippen molar-refractivity contribution in [1.29, 1.82) is 0 Å². The molecule has 0 N–H and O–H groups in total. The van der Waals surface area contributed by atoms with Crippen molar-refractivity contribution in [3.05, 3.63) is 94.4 Å². The molecule has 1 aliphatic heterocycles. The molecule has 0 bridgehead atoms. The number of amides is 2. The highest BCUT2D eigenvalue weighted by molar-refractivity contribution is 6.21. The Balaban J connectivity index is 1.46. The van der Waals surface area contributed by atoms with Crippen molar-refractivity contribution in [2.75, 3.05) is 0 Å². The van der Waals surface area contributed by atoms with Gasteiger partial charge in [0, 0.05) is 11.8 Å². The first-order valence-corrected chi connectivity index (χ1v) is 8.81. The summed E-state index contributed by atoms with van der Waals surface area (Å²) in [6, 6.07) is 14.7. The fourth-order valence-electron chi connectivity index (χ4n) is 3.16. The van der Waals surface area contributed by atoms with E-state index in [1.54, 1.807) is 42.6 Å². The minimum Gasteiger partial charge on any atom is -0.473 e. The zero-order valence-corrected chi connectivity index (χ0v) is 15.2. The number of carbonyl (C=O) groups is 2. The maximum Gasteiger partial charge on any atom is 0.261 e. The highest BCUT2D eigenvalue weighted by Crippen LogP contribution is 2.25. The van der Waals surface area contributed by atoms with Gasteiger partial charge in [-0.3, -0.25) is 14.5 Å². The van der Waals surface area contributed by atoms with Gasteiger partial charge in [0.1, 0.15) is 12.4 Å². The lowest BCUT2D eigenvalue weighted by Crippen LogP contribution is -2.29. The Morgan fingerprint density at radius 3 is 2.21 bits per heavy atom. The van der Waals surface area contributed by atoms with E-state index in [9.17, 15) is 14.0 Å². The molecular weight excluding hydrogens is 359 g/mol. The highest BCUT2D eigenvalue weighted by atomic mass is 19.1. The van der Waals surface area contributed by atoms with Crippen LogP contribution in [-0.4, -0.2) is 21.7 Å². The number of aromatic nitrogens is 1. The molecule has 0 spiro atoms. The molecule has 0 fully saturated rings. The summed E-state index contributed by atoms with van der Waals surface area (Å²) in [5, 5.41) is 0. The number of halogens is 1. The topological polar surface area (TPSA) is 59.5 Å². The fraction of sp³-hybridized carbons (Fsp3) is 0.136. The van der Waals surface area contributed by atoms with E-state index in [-0.39, 0.29) is 30.8 Å². The molecule has 2 heterocycles. The van der Waals surface area contributed by atoms with Gasteiger partial charge in [-0.05, 0) is 48.4 Å². The summed E-state index contributed by atoms with van der Waals surface area (Å²) in [5.41, 5.74) is 3.21. The van der Waals surface area contributed by atoms with Gasteiger partial charge in [-0.2, -0.15) is 0 Å². The molecule has 2 aromatic carbocycles. The van der Waals surface area contributed by atoms with Gasteiger partial charge in [0.2, 0.25) is 5.88 Å². The summed E-state index contributed by atoms with van der Waals surface area (Å²) in [4.78, 5) is 30.5. The van der Waals surface area contributed by atoms with Gasteiger partial charge in [0.25, 0.3) is 11.8 Å². The number of aryl methyl sites for hydroxylation is 1. The molecule has 0 saturated carbocycles. The fourth-order valence-corrected chi connectivity index (χ4v) is 3.16. The molecule has 28 heavy (non-hydrogen) atoms. The smallest absolute Gasteiger partial charge is 0.261 e. The maximum atomic E-state index is 13.0. The lowest BCUT2D eigenvalue weighted by atomic mass is 10.1. The minimum absolute atomic E-state index is 0.151. The lowest BCUT2D eigenvalue weighted by Gasteiger charge is -2.15. The Bertz CT molecular complexity index is 1030. The summed E-state index contributed by atoms with van der Waals surface area (Å²) in [6.07, 6.45) is 1.59. The quantitative estimate of drug-likeness (QED) is 0.634. The first-order valence-electron chi connectivity index (χ1n) is 8.81. The zero-order valence-electron chi connectivity index (χ0n) is 15.2. The van der Waals surface area contributed by atoms with Crippen LogP contribution >= 0.6 is 0 Å². The van der Waals surface area contributed by atoms with E-state index in [1.165, 1.54) is 17.0 Å². The third-order valence-electron chi connectivity index (χ3n) is 4.59. The number of imide groups is 1. The molecule has 5 nitrogen and oxygen atoms in total. The molecule has 140 valence electrons. The molecule has 0 aliphatic carbocycles. The molecule has 0 atom stereocenters. The lowest BCUT2D eigenvalue weighted by molar-refractivity contribution is 0.0642. The predicted octanol–water partition coefficient (Wildman–Crippen LogP) is 3.90. The standard InChI is InChI=1S/C22H17FN2O3/c1-14-10-16(11-24-20(14)28-13-15-6-8-17(23)9-7-15)12-25-21(26)18-4-2-3-5-19(18)22(25)27/h2-11H,12-13H2,1H3. The SMILES string of the molecule is Cc1cc(CN2C(=O)c3ccccc3C2=O)cnc1OCc1ccc(F)cc1. The summed E-state index contributed by atoms with van der Waals surface area (Å²) in [7, 11) is 0. The normalized spacial score (nSPS) is 13.0. The Labute approximate surface area is 161 Å². The van der Waals surface area contributed by atoms with Crippen molar-refractivity contribution in [2.24, 2.45) is 0 Å². The third-order valence-corrected chi connectivity index (χ3v) is 4.59. The number of fused-ring (bicyclic) bond motifs is 1. The number of pyridine rings is 1. The van der Waals surface area contributed by atoms with Crippen LogP contribution in [0.4, 0.5) is 4.39 Å². The number of nitrogens with zero attached hydrogens (tertiary/aromatic N) is 2. The van der Waals surface area contributed by atoms with Gasteiger partial charge in [0.15, 0.2) is 0 Å². The molecule has 2 amide bonds. The number of hydrogen-bond donors (Lipinski definition) is 0. The first kappa shape index (κ1) is 17.9. The van der Waals surface area contributed by atoms with E-state index < -0.39 is 0 Å². The van der Waals surface area contributed by atoms with Crippen molar-refractivity contribution in [2.45, 2.75) is 20.1 Å². The molecule has 3 aromatic rings. The van der Waals surface area contributed by atoms with E-state index in [0.717, 1.165) is 16.7 Å². The average molecular weight is 376 g/mol. The molecule has 0 saturated heterocycles. The second-order valence-corrected chi connectivity index (χ2v) is 6.62. The Morgan fingerprint density at radius 2 is 1.61 bits per heavy atom. The van der Waals surface area contributed by atoms with Crippen LogP contribution in [0, 0.1) is 12.7 Å². The van der Waals surface area contributed by atoms with Gasteiger partial charge >= 0.3 is 0 Å². The highest BCUT2D eigenvalue weighted by Gasteiger charge is 2.35. The van der Waals surface area contributed by atoms with Crippen molar-refractivity contribution in [1.82, 2.24) is 9.88 Å². The van der Waals surface area contributed by atoms with E-state index in [4.69, 9.17) is 4.74 Å². The Hall–Kier alpha value is -3.54. The van der Waals surface area contributed by atoms with Crippen molar-refractivity contribution >= 4 is 11.8 Å². The molecule has 0 radical (unpaired) electrons. The largest absolute Gasteiger partial charge is 0.473 e. The van der Waals surface area contributed by atoms with E-state index in [1.807, 2.05) is 13.0 Å². The molecule has 1 aliphatic rings. The Morgan fingerprint density at radius 1 is 0.964 bits per heavy atom. The van der Waals surface area contributed by atoms with Gasteiger partial charge in [-0.15, -0.1) is 0 Å². The minimum atomic E-state index is -0.296. The summed E-state index contributed by atoms with van der Waals surface area (Å²) in [6.45, 7) is 2.27. The number of ether oxygens (including phenoxy) is 1. The van der Waals surface area contributed by atoms with Crippen LogP contribution in [0.3, 0.4) is 0 Å². The number of rotatable bonds is 5. The van der Waals surface area contributed by atoms with Crippen LogP contribution in [0.1, 0.15) is 37.4 Å². The van der Waals surface area contributed by atoms with Crippen LogP contribution in [0.5, 0.6) is 5.88 Å². The van der Waals surface area contributed by atoms with Crippen LogP contribution in [-0.2, 0) is 13.2 Å². The van der Waals surface area contributed by atoms with Crippen molar-refractivity contribution in [3.63, 3.8) is 0 Å². The van der Waals surface area contributed by atoms with Crippen LogP contribution in [0.15, 0.2) is 60.8 Å². The second-order valence-electron chi connectivity index (χ2n) is 6.62. The van der Waals surface area contributed by atoms with E-state index in [2.05, 4.69) is 4.98 Å². The number of carbonyl (C=O) groups excluding carboxylic acids is 2. The Kier molecular flexibility index (Phi) is 4.61.